The van der Waals surface area contributed by atoms with Crippen LogP contribution in [-0.4, -0.2) is 44.0 Å². The van der Waals surface area contributed by atoms with Crippen LogP contribution in [0.25, 0.3) is 0 Å². The second-order valence-electron chi connectivity index (χ2n) is 6.59. The van der Waals surface area contributed by atoms with Gasteiger partial charge in [-0.1, -0.05) is 20.8 Å². The third-order valence-corrected chi connectivity index (χ3v) is 4.08. The van der Waals surface area contributed by atoms with Crippen molar-refractivity contribution in [3.05, 3.63) is 0 Å². The summed E-state index contributed by atoms with van der Waals surface area (Å²) in [5.41, 5.74) is -0.0547. The number of carbonyl (C=O) groups is 1. The molecule has 0 aromatic rings. The zero-order chi connectivity index (χ0) is 13.1. The Morgan fingerprint density at radius 1 is 1.47 bits per heavy atom. The zero-order valence-corrected chi connectivity index (χ0v) is 12.0. The molecule has 0 amide bonds. The molecule has 2 atom stereocenters. The molecular weight excluding hydrogens is 214 g/mol. The van der Waals surface area contributed by atoms with Gasteiger partial charge < -0.3 is 14.4 Å². The molecule has 1 fully saturated rings. The van der Waals surface area contributed by atoms with Gasteiger partial charge in [-0.15, -0.1) is 0 Å². The van der Waals surface area contributed by atoms with Crippen molar-refractivity contribution in [1.82, 2.24) is 4.90 Å². The summed E-state index contributed by atoms with van der Waals surface area (Å²) in [6, 6.07) is 0.446. The Bertz CT molecular complexity index is 251. The molecule has 100 valence electrons. The van der Waals surface area contributed by atoms with Crippen LogP contribution in [-0.2, 0) is 9.53 Å². The third-order valence-electron chi connectivity index (χ3n) is 4.08. The number of carbonyl (C=O) groups excluding carboxylic acids is 1. The Morgan fingerprint density at radius 2 is 2.12 bits per heavy atom. The Balaban J connectivity index is 2.64. The number of rotatable bonds is 4. The average molecular weight is 241 g/mol. The molecule has 1 aliphatic rings. The van der Waals surface area contributed by atoms with Crippen LogP contribution in [0.4, 0.5) is 0 Å². The molecule has 1 rings (SSSR count). The summed E-state index contributed by atoms with van der Waals surface area (Å²) in [5.74, 6) is 0. The lowest BCUT2D eigenvalue weighted by Gasteiger charge is -2.41. The molecule has 17 heavy (non-hydrogen) atoms. The van der Waals surface area contributed by atoms with Gasteiger partial charge in [-0.05, 0) is 32.2 Å². The summed E-state index contributed by atoms with van der Waals surface area (Å²) in [5, 5.41) is 0. The Labute approximate surface area is 106 Å². The predicted molar refractivity (Wildman–Crippen MR) is 70.1 cm³/mol. The Kier molecular flexibility index (Phi) is 4.73. The predicted octanol–water partition coefficient (Wildman–Crippen LogP) is 2.35. The molecule has 0 spiro atoms. The van der Waals surface area contributed by atoms with E-state index in [1.807, 2.05) is 0 Å². The second kappa shape index (κ2) is 5.49. The summed E-state index contributed by atoms with van der Waals surface area (Å²) >= 11 is 0. The van der Waals surface area contributed by atoms with Crippen molar-refractivity contribution in [1.29, 1.82) is 0 Å². The number of hydrogen-bond acceptors (Lipinski definition) is 3. The largest absolute Gasteiger partial charge is 0.380 e. The first-order chi connectivity index (χ1) is 7.81. The van der Waals surface area contributed by atoms with Crippen LogP contribution in [0.1, 0.15) is 40.5 Å². The van der Waals surface area contributed by atoms with Crippen molar-refractivity contribution in [3.63, 3.8) is 0 Å². The molecule has 0 N–H and O–H groups in total. The highest BCUT2D eigenvalue weighted by molar-refractivity contribution is 5.60. The third kappa shape index (κ3) is 3.78. The lowest BCUT2D eigenvalue weighted by Crippen LogP contribution is -2.48. The summed E-state index contributed by atoms with van der Waals surface area (Å²) in [6.07, 6.45) is 3.06. The van der Waals surface area contributed by atoms with E-state index < -0.39 is 0 Å². The van der Waals surface area contributed by atoms with Crippen molar-refractivity contribution in [2.75, 3.05) is 26.8 Å². The van der Waals surface area contributed by atoms with E-state index in [1.54, 1.807) is 0 Å². The minimum Gasteiger partial charge on any atom is -0.380 e. The maximum Gasteiger partial charge on any atom is 0.129 e. The minimum absolute atomic E-state index is 0.231. The molecule has 0 aliphatic carbocycles. The van der Waals surface area contributed by atoms with Gasteiger partial charge in [-0.25, -0.2) is 0 Å². The van der Waals surface area contributed by atoms with Gasteiger partial charge in [0, 0.05) is 19.2 Å². The van der Waals surface area contributed by atoms with Gasteiger partial charge in [-0.3, -0.25) is 0 Å². The fourth-order valence-corrected chi connectivity index (χ4v) is 2.42. The molecule has 0 aromatic heterocycles. The van der Waals surface area contributed by atoms with Crippen molar-refractivity contribution in [3.8, 4) is 0 Å². The first-order valence-electron chi connectivity index (χ1n) is 6.55. The van der Waals surface area contributed by atoms with E-state index in [4.69, 9.17) is 4.74 Å². The van der Waals surface area contributed by atoms with Gasteiger partial charge in [0.1, 0.15) is 6.29 Å². The maximum atomic E-state index is 11.4. The van der Waals surface area contributed by atoms with E-state index in [0.717, 1.165) is 32.3 Å². The number of ether oxygens (including phenoxy) is 1. The maximum absolute atomic E-state index is 11.4. The van der Waals surface area contributed by atoms with Gasteiger partial charge in [0.05, 0.1) is 12.0 Å². The summed E-state index contributed by atoms with van der Waals surface area (Å²) in [4.78, 5) is 13.7. The summed E-state index contributed by atoms with van der Waals surface area (Å²) in [6.45, 7) is 11.1. The Hall–Kier alpha value is -0.410. The van der Waals surface area contributed by atoms with Crippen LogP contribution in [0, 0.1) is 10.8 Å². The highest BCUT2D eigenvalue weighted by Gasteiger charge is 2.36. The molecule has 0 saturated carbocycles. The fourth-order valence-electron chi connectivity index (χ4n) is 2.42. The van der Waals surface area contributed by atoms with Crippen LogP contribution in [0.15, 0.2) is 0 Å². The first-order valence-corrected chi connectivity index (χ1v) is 6.55. The molecule has 0 radical (unpaired) electrons. The van der Waals surface area contributed by atoms with Crippen LogP contribution in [0.2, 0.25) is 0 Å². The average Bonchev–Trinajstić information content (AvgIpc) is 2.28. The van der Waals surface area contributed by atoms with Gasteiger partial charge >= 0.3 is 0 Å². The van der Waals surface area contributed by atoms with Gasteiger partial charge in [0.25, 0.3) is 0 Å². The standard InChI is InChI=1S/C14H27NO2/c1-12(13(2,3)4)15(5)9-14(10-16)7-6-8-17-11-14/h10,12H,6-9,11H2,1-5H3. The fraction of sp³-hybridized carbons (Fsp3) is 0.929. The lowest BCUT2D eigenvalue weighted by molar-refractivity contribution is -0.126. The van der Waals surface area contributed by atoms with Crippen LogP contribution >= 0.6 is 0 Å². The minimum atomic E-state index is -0.285. The van der Waals surface area contributed by atoms with Crippen molar-refractivity contribution in [2.24, 2.45) is 10.8 Å². The molecule has 0 bridgehead atoms. The summed E-state index contributed by atoms with van der Waals surface area (Å²) in [7, 11) is 2.11. The molecule has 3 heteroatoms. The summed E-state index contributed by atoms with van der Waals surface area (Å²) < 4.78 is 5.48. The van der Waals surface area contributed by atoms with E-state index in [2.05, 4.69) is 39.6 Å². The lowest BCUT2D eigenvalue weighted by atomic mass is 9.81. The van der Waals surface area contributed by atoms with Crippen molar-refractivity contribution >= 4 is 6.29 Å². The van der Waals surface area contributed by atoms with E-state index in [9.17, 15) is 4.79 Å². The quantitative estimate of drug-likeness (QED) is 0.708. The molecule has 3 nitrogen and oxygen atoms in total. The zero-order valence-electron chi connectivity index (χ0n) is 12.0. The van der Waals surface area contributed by atoms with Crippen LogP contribution < -0.4 is 0 Å². The number of aldehydes is 1. The monoisotopic (exact) mass is 241 g/mol. The van der Waals surface area contributed by atoms with Gasteiger partial charge in [0.15, 0.2) is 0 Å². The smallest absolute Gasteiger partial charge is 0.129 e. The van der Waals surface area contributed by atoms with Gasteiger partial charge in [0.2, 0.25) is 0 Å². The molecule has 2 unspecified atom stereocenters. The van der Waals surface area contributed by atoms with E-state index in [1.165, 1.54) is 0 Å². The van der Waals surface area contributed by atoms with E-state index in [-0.39, 0.29) is 10.8 Å². The molecule has 0 aromatic carbocycles. The molecule has 1 heterocycles. The second-order valence-corrected chi connectivity index (χ2v) is 6.59. The van der Waals surface area contributed by atoms with E-state index >= 15 is 0 Å². The van der Waals surface area contributed by atoms with Crippen LogP contribution in [0.3, 0.4) is 0 Å². The highest BCUT2D eigenvalue weighted by atomic mass is 16.5. The highest BCUT2D eigenvalue weighted by Crippen LogP contribution is 2.30. The first kappa shape index (κ1) is 14.7. The molecule has 1 saturated heterocycles. The topological polar surface area (TPSA) is 29.5 Å². The van der Waals surface area contributed by atoms with Crippen LogP contribution in [0.5, 0.6) is 0 Å². The van der Waals surface area contributed by atoms with Gasteiger partial charge in [-0.2, -0.15) is 0 Å². The van der Waals surface area contributed by atoms with E-state index in [0.29, 0.717) is 12.6 Å². The molecule has 1 aliphatic heterocycles. The number of nitrogens with zero attached hydrogens (tertiary/aromatic N) is 1. The van der Waals surface area contributed by atoms with Crippen molar-refractivity contribution < 1.29 is 9.53 Å². The number of hydrogen-bond donors (Lipinski definition) is 0. The SMILES string of the molecule is CC(N(C)CC1(C=O)CCCOC1)C(C)(C)C. The van der Waals surface area contributed by atoms with Crippen molar-refractivity contribution in [2.45, 2.75) is 46.6 Å². The molecular formula is C14H27NO2. The normalized spacial score (nSPS) is 28.1. The Morgan fingerprint density at radius 3 is 2.53 bits per heavy atom.